The van der Waals surface area contributed by atoms with Crippen LogP contribution in [0.5, 0.6) is 5.75 Å². The van der Waals surface area contributed by atoms with Gasteiger partial charge in [0.15, 0.2) is 11.6 Å². The number of methoxy groups -OCH3 is 1. The van der Waals surface area contributed by atoms with Crippen molar-refractivity contribution in [1.82, 2.24) is 0 Å². The fourth-order valence-corrected chi connectivity index (χ4v) is 1.72. The second-order valence-corrected chi connectivity index (χ2v) is 3.61. The van der Waals surface area contributed by atoms with Crippen molar-refractivity contribution in [2.75, 3.05) is 13.7 Å². The summed E-state index contributed by atoms with van der Waals surface area (Å²) in [6, 6.07) is 2.32. The van der Waals surface area contributed by atoms with Crippen LogP contribution in [0.15, 0.2) is 12.1 Å². The van der Waals surface area contributed by atoms with Crippen molar-refractivity contribution in [1.29, 1.82) is 0 Å². The molecule has 0 spiro atoms. The third kappa shape index (κ3) is 1.74. The second kappa shape index (κ2) is 4.09. The lowest BCUT2D eigenvalue weighted by Gasteiger charge is -2.23. The number of fused-ring (bicyclic) bond motifs is 1. The molecule has 0 bridgehead atoms. The number of ether oxygens (including phenoxy) is 2. The molecule has 1 aromatic rings. The van der Waals surface area contributed by atoms with Gasteiger partial charge < -0.3 is 15.2 Å². The minimum atomic E-state index is -0.584. The molecule has 2 N–H and O–H groups in total. The van der Waals surface area contributed by atoms with Crippen LogP contribution in [-0.2, 0) is 4.74 Å². The van der Waals surface area contributed by atoms with Crippen LogP contribution >= 0.6 is 0 Å². The SMILES string of the molecule is COC(=O)c1cc(F)c2c(c1)[C@H](N)CCO2. The maximum Gasteiger partial charge on any atom is 0.337 e. The molecular formula is C11H12FNO3. The zero-order chi connectivity index (χ0) is 11.7. The van der Waals surface area contributed by atoms with Gasteiger partial charge in [0.2, 0.25) is 0 Å². The summed E-state index contributed by atoms with van der Waals surface area (Å²) in [6.07, 6.45) is 0.608. The topological polar surface area (TPSA) is 61.5 Å². The lowest BCUT2D eigenvalue weighted by molar-refractivity contribution is 0.0599. The van der Waals surface area contributed by atoms with Crippen molar-refractivity contribution < 1.29 is 18.7 Å². The Morgan fingerprint density at radius 2 is 2.38 bits per heavy atom. The first-order valence-electron chi connectivity index (χ1n) is 4.93. The molecule has 1 aliphatic rings. The lowest BCUT2D eigenvalue weighted by Crippen LogP contribution is -2.22. The normalized spacial score (nSPS) is 18.6. The first-order valence-corrected chi connectivity index (χ1v) is 4.93. The minimum Gasteiger partial charge on any atom is -0.490 e. The van der Waals surface area contributed by atoms with Gasteiger partial charge >= 0.3 is 5.97 Å². The van der Waals surface area contributed by atoms with Gasteiger partial charge in [-0.2, -0.15) is 0 Å². The molecule has 2 rings (SSSR count). The Hall–Kier alpha value is -1.62. The molecule has 1 aromatic carbocycles. The first kappa shape index (κ1) is 10.9. The molecule has 0 saturated heterocycles. The van der Waals surface area contributed by atoms with Crippen molar-refractivity contribution in [2.45, 2.75) is 12.5 Å². The first-order chi connectivity index (χ1) is 7.63. The minimum absolute atomic E-state index is 0.145. The van der Waals surface area contributed by atoms with Crippen LogP contribution in [0.4, 0.5) is 4.39 Å². The average Bonchev–Trinajstić information content (AvgIpc) is 2.29. The van der Waals surface area contributed by atoms with E-state index in [4.69, 9.17) is 10.5 Å². The third-order valence-corrected chi connectivity index (χ3v) is 2.57. The summed E-state index contributed by atoms with van der Waals surface area (Å²) in [7, 11) is 1.25. The van der Waals surface area contributed by atoms with E-state index in [1.54, 1.807) is 0 Å². The number of rotatable bonds is 1. The highest BCUT2D eigenvalue weighted by molar-refractivity contribution is 5.89. The van der Waals surface area contributed by atoms with Gasteiger partial charge in [0.25, 0.3) is 0 Å². The molecule has 1 atom stereocenters. The standard InChI is InChI=1S/C11H12FNO3/c1-15-11(14)6-4-7-9(13)2-3-16-10(7)8(12)5-6/h4-5,9H,2-3,13H2,1H3/t9-/m1/s1. The zero-order valence-corrected chi connectivity index (χ0v) is 8.83. The average molecular weight is 225 g/mol. The van der Waals surface area contributed by atoms with Gasteiger partial charge in [0, 0.05) is 18.0 Å². The van der Waals surface area contributed by atoms with Gasteiger partial charge in [-0.05, 0) is 12.1 Å². The highest BCUT2D eigenvalue weighted by atomic mass is 19.1. The smallest absolute Gasteiger partial charge is 0.337 e. The van der Waals surface area contributed by atoms with E-state index in [0.717, 1.165) is 6.07 Å². The van der Waals surface area contributed by atoms with Crippen LogP contribution in [0.2, 0.25) is 0 Å². The van der Waals surface area contributed by atoms with Gasteiger partial charge in [-0.25, -0.2) is 9.18 Å². The van der Waals surface area contributed by atoms with E-state index in [9.17, 15) is 9.18 Å². The van der Waals surface area contributed by atoms with E-state index >= 15 is 0 Å². The number of esters is 1. The fourth-order valence-electron chi connectivity index (χ4n) is 1.72. The summed E-state index contributed by atoms with van der Waals surface area (Å²) in [5.41, 5.74) is 6.50. The number of hydrogen-bond acceptors (Lipinski definition) is 4. The maximum absolute atomic E-state index is 13.6. The molecule has 1 aliphatic heterocycles. The monoisotopic (exact) mass is 225 g/mol. The van der Waals surface area contributed by atoms with Crippen molar-refractivity contribution in [3.05, 3.63) is 29.1 Å². The molecule has 5 heteroatoms. The molecule has 0 unspecified atom stereocenters. The van der Waals surface area contributed by atoms with E-state index in [1.165, 1.54) is 13.2 Å². The molecule has 1 heterocycles. The van der Waals surface area contributed by atoms with Crippen LogP contribution in [0.25, 0.3) is 0 Å². The number of carbonyl (C=O) groups excluding carboxylic acids is 1. The number of halogens is 1. The maximum atomic E-state index is 13.6. The van der Waals surface area contributed by atoms with E-state index in [2.05, 4.69) is 4.74 Å². The highest BCUT2D eigenvalue weighted by Crippen LogP contribution is 2.34. The van der Waals surface area contributed by atoms with E-state index in [0.29, 0.717) is 18.6 Å². The van der Waals surface area contributed by atoms with Gasteiger partial charge in [-0.15, -0.1) is 0 Å². The molecule has 0 amide bonds. The lowest BCUT2D eigenvalue weighted by atomic mass is 9.98. The van der Waals surface area contributed by atoms with E-state index < -0.39 is 11.8 Å². The summed E-state index contributed by atoms with van der Waals surface area (Å²) in [4.78, 5) is 11.3. The van der Waals surface area contributed by atoms with Crippen LogP contribution in [0.1, 0.15) is 28.4 Å². The second-order valence-electron chi connectivity index (χ2n) is 3.61. The summed E-state index contributed by atoms with van der Waals surface area (Å²) in [5.74, 6) is -1.01. The van der Waals surface area contributed by atoms with Gasteiger partial charge in [0.1, 0.15) is 0 Å². The molecule has 4 nitrogen and oxygen atoms in total. The van der Waals surface area contributed by atoms with E-state index in [-0.39, 0.29) is 17.4 Å². The molecule has 0 aromatic heterocycles. The molecule has 0 fully saturated rings. The predicted molar refractivity (Wildman–Crippen MR) is 54.8 cm³/mol. The number of nitrogens with two attached hydrogens (primary N) is 1. The molecule has 0 saturated carbocycles. The molecule has 0 aliphatic carbocycles. The van der Waals surface area contributed by atoms with Crippen LogP contribution in [0, 0.1) is 5.82 Å². The van der Waals surface area contributed by atoms with Crippen molar-refractivity contribution in [3.8, 4) is 5.75 Å². The summed E-state index contributed by atoms with van der Waals surface area (Å²) in [5, 5.41) is 0. The Kier molecular flexibility index (Phi) is 2.78. The Morgan fingerprint density at radius 1 is 1.62 bits per heavy atom. The van der Waals surface area contributed by atoms with Gasteiger partial charge in [-0.1, -0.05) is 0 Å². The molecule has 0 radical (unpaired) electrons. The van der Waals surface area contributed by atoms with Gasteiger partial charge in [0.05, 0.1) is 19.3 Å². The van der Waals surface area contributed by atoms with Crippen molar-refractivity contribution in [3.63, 3.8) is 0 Å². The quantitative estimate of drug-likeness (QED) is 0.734. The Bertz CT molecular complexity index is 433. The Labute approximate surface area is 92.1 Å². The van der Waals surface area contributed by atoms with Gasteiger partial charge in [-0.3, -0.25) is 0 Å². The summed E-state index contributed by atoms with van der Waals surface area (Å²) < 4.78 is 23.3. The highest BCUT2D eigenvalue weighted by Gasteiger charge is 2.24. The summed E-state index contributed by atoms with van der Waals surface area (Å²) >= 11 is 0. The van der Waals surface area contributed by atoms with Crippen LogP contribution in [0.3, 0.4) is 0 Å². The predicted octanol–water partition coefficient (Wildman–Crippen LogP) is 1.39. The number of carbonyl (C=O) groups is 1. The fraction of sp³-hybridized carbons (Fsp3) is 0.364. The number of benzene rings is 1. The molecular weight excluding hydrogens is 213 g/mol. The van der Waals surface area contributed by atoms with E-state index in [1.807, 2.05) is 0 Å². The largest absolute Gasteiger partial charge is 0.490 e. The van der Waals surface area contributed by atoms with Crippen LogP contribution < -0.4 is 10.5 Å². The zero-order valence-electron chi connectivity index (χ0n) is 8.83. The summed E-state index contributed by atoms with van der Waals surface area (Å²) in [6.45, 7) is 0.392. The number of hydrogen-bond donors (Lipinski definition) is 1. The van der Waals surface area contributed by atoms with Crippen LogP contribution in [-0.4, -0.2) is 19.7 Å². The van der Waals surface area contributed by atoms with Crippen molar-refractivity contribution in [2.24, 2.45) is 5.73 Å². The Balaban J connectivity index is 2.50. The molecule has 86 valence electrons. The molecule has 16 heavy (non-hydrogen) atoms. The third-order valence-electron chi connectivity index (χ3n) is 2.57. The Morgan fingerprint density at radius 3 is 3.06 bits per heavy atom. The van der Waals surface area contributed by atoms with Crippen molar-refractivity contribution >= 4 is 5.97 Å².